The van der Waals surface area contributed by atoms with E-state index in [4.69, 9.17) is 28.3 Å². The van der Waals surface area contributed by atoms with E-state index in [9.17, 15) is 4.79 Å². The van der Waals surface area contributed by atoms with E-state index in [2.05, 4.69) is 9.97 Å². The molecule has 0 unspecified atom stereocenters. The Morgan fingerprint density at radius 3 is 2.33 bits per heavy atom. The van der Waals surface area contributed by atoms with Crippen LogP contribution in [0.4, 0.5) is 0 Å². The first-order valence-electron chi connectivity index (χ1n) is 2.98. The van der Waals surface area contributed by atoms with Crippen molar-refractivity contribution in [2.24, 2.45) is 0 Å². The summed E-state index contributed by atoms with van der Waals surface area (Å²) >= 11 is 11.1. The standard InChI is InChI=1S/C6H4Cl2N2O2/c7-5-3(1-4(11)12)6(8)10-2-9-5/h2H,1H2,(H,11,12). The van der Waals surface area contributed by atoms with Crippen molar-refractivity contribution in [1.29, 1.82) is 0 Å². The molecule has 0 aliphatic rings. The van der Waals surface area contributed by atoms with Crippen molar-refractivity contribution >= 4 is 29.2 Å². The van der Waals surface area contributed by atoms with Crippen molar-refractivity contribution in [2.45, 2.75) is 6.42 Å². The fourth-order valence-corrected chi connectivity index (χ4v) is 1.12. The van der Waals surface area contributed by atoms with Crippen LogP contribution in [0.3, 0.4) is 0 Å². The number of hydrogen-bond donors (Lipinski definition) is 1. The molecule has 0 fully saturated rings. The Labute approximate surface area is 78.2 Å². The lowest BCUT2D eigenvalue weighted by molar-refractivity contribution is -0.136. The van der Waals surface area contributed by atoms with Crippen LogP contribution in [0.25, 0.3) is 0 Å². The fourth-order valence-electron chi connectivity index (χ4n) is 0.668. The molecule has 0 spiro atoms. The van der Waals surface area contributed by atoms with Crippen LogP contribution in [0.1, 0.15) is 5.56 Å². The molecule has 0 aliphatic heterocycles. The van der Waals surface area contributed by atoms with Crippen molar-refractivity contribution in [3.8, 4) is 0 Å². The first-order chi connectivity index (χ1) is 5.61. The minimum atomic E-state index is -1.02. The summed E-state index contributed by atoms with van der Waals surface area (Å²) in [7, 11) is 0. The van der Waals surface area contributed by atoms with Gasteiger partial charge in [-0.3, -0.25) is 4.79 Å². The Morgan fingerprint density at radius 2 is 1.92 bits per heavy atom. The summed E-state index contributed by atoms with van der Waals surface area (Å²) in [6.07, 6.45) is 0.911. The molecule has 0 aromatic carbocycles. The molecule has 12 heavy (non-hydrogen) atoms. The van der Waals surface area contributed by atoms with Gasteiger partial charge in [0.25, 0.3) is 0 Å². The van der Waals surface area contributed by atoms with Gasteiger partial charge < -0.3 is 5.11 Å². The fraction of sp³-hybridized carbons (Fsp3) is 0.167. The van der Waals surface area contributed by atoms with E-state index in [1.165, 1.54) is 6.33 Å². The minimum Gasteiger partial charge on any atom is -0.481 e. The highest BCUT2D eigenvalue weighted by Gasteiger charge is 2.11. The third-order valence-corrected chi connectivity index (χ3v) is 1.82. The highest BCUT2D eigenvalue weighted by molar-refractivity contribution is 6.34. The normalized spacial score (nSPS) is 9.83. The van der Waals surface area contributed by atoms with Crippen LogP contribution in [0.15, 0.2) is 6.33 Å². The monoisotopic (exact) mass is 206 g/mol. The number of rotatable bonds is 2. The van der Waals surface area contributed by atoms with Crippen molar-refractivity contribution in [2.75, 3.05) is 0 Å². The lowest BCUT2D eigenvalue weighted by atomic mass is 10.2. The van der Waals surface area contributed by atoms with Crippen LogP contribution in [-0.2, 0) is 11.2 Å². The second-order valence-electron chi connectivity index (χ2n) is 2.00. The maximum absolute atomic E-state index is 10.3. The van der Waals surface area contributed by atoms with Gasteiger partial charge in [0.05, 0.1) is 6.42 Å². The number of nitrogens with zero attached hydrogens (tertiary/aromatic N) is 2. The molecule has 0 saturated heterocycles. The van der Waals surface area contributed by atoms with Crippen molar-refractivity contribution in [3.63, 3.8) is 0 Å². The van der Waals surface area contributed by atoms with Crippen molar-refractivity contribution in [3.05, 3.63) is 22.2 Å². The van der Waals surface area contributed by atoms with E-state index < -0.39 is 5.97 Å². The minimum absolute atomic E-state index is 0.0809. The molecule has 1 heterocycles. The van der Waals surface area contributed by atoms with Crippen LogP contribution in [0.2, 0.25) is 10.3 Å². The lowest BCUT2D eigenvalue weighted by Crippen LogP contribution is -2.03. The van der Waals surface area contributed by atoms with Gasteiger partial charge in [0.15, 0.2) is 0 Å². The predicted molar refractivity (Wildman–Crippen MR) is 43.4 cm³/mol. The molecule has 0 atom stereocenters. The van der Waals surface area contributed by atoms with Crippen LogP contribution in [0, 0.1) is 0 Å². The summed E-state index contributed by atoms with van der Waals surface area (Å²) in [5, 5.41) is 8.60. The zero-order valence-corrected chi connectivity index (χ0v) is 7.30. The molecule has 1 N–H and O–H groups in total. The maximum atomic E-state index is 10.3. The molecule has 1 rings (SSSR count). The molecule has 0 amide bonds. The molecule has 4 nitrogen and oxygen atoms in total. The summed E-state index contributed by atoms with van der Waals surface area (Å²) in [4.78, 5) is 17.5. The number of hydrogen-bond acceptors (Lipinski definition) is 3. The summed E-state index contributed by atoms with van der Waals surface area (Å²) in [5.74, 6) is -1.02. The van der Waals surface area contributed by atoms with E-state index >= 15 is 0 Å². The van der Waals surface area contributed by atoms with E-state index in [0.29, 0.717) is 0 Å². The summed E-state index contributed by atoms with van der Waals surface area (Å²) in [6, 6.07) is 0. The van der Waals surface area contributed by atoms with Crippen molar-refractivity contribution < 1.29 is 9.90 Å². The molecular formula is C6H4Cl2N2O2. The third-order valence-electron chi connectivity index (χ3n) is 1.17. The number of aromatic nitrogens is 2. The molecule has 0 saturated carbocycles. The van der Waals surface area contributed by atoms with Crippen molar-refractivity contribution in [1.82, 2.24) is 9.97 Å². The first kappa shape index (κ1) is 9.22. The SMILES string of the molecule is O=C(O)Cc1c(Cl)ncnc1Cl. The zero-order valence-electron chi connectivity index (χ0n) is 5.79. The highest BCUT2D eigenvalue weighted by Crippen LogP contribution is 2.19. The van der Waals surface area contributed by atoms with Gasteiger partial charge in [0.2, 0.25) is 0 Å². The van der Waals surface area contributed by atoms with Gasteiger partial charge >= 0.3 is 5.97 Å². The van der Waals surface area contributed by atoms with Gasteiger partial charge in [-0.15, -0.1) is 0 Å². The quantitative estimate of drug-likeness (QED) is 0.744. The second-order valence-corrected chi connectivity index (χ2v) is 2.72. The van der Waals surface area contributed by atoms with E-state index in [1.807, 2.05) is 0 Å². The molecular weight excluding hydrogens is 203 g/mol. The average molecular weight is 207 g/mol. The number of halogens is 2. The Bertz CT molecular complexity index is 296. The molecule has 1 aromatic heterocycles. The molecule has 6 heteroatoms. The van der Waals surface area contributed by atoms with E-state index in [0.717, 1.165) is 0 Å². The topological polar surface area (TPSA) is 63.1 Å². The Morgan fingerprint density at radius 1 is 1.42 bits per heavy atom. The van der Waals surface area contributed by atoms with Gasteiger partial charge in [-0.05, 0) is 0 Å². The van der Waals surface area contributed by atoms with Gasteiger partial charge in [0.1, 0.15) is 16.6 Å². The highest BCUT2D eigenvalue weighted by atomic mass is 35.5. The molecule has 0 aliphatic carbocycles. The molecule has 0 bridgehead atoms. The predicted octanol–water partition coefficient (Wildman–Crippen LogP) is 1.41. The Balaban J connectivity index is 3.04. The molecule has 64 valence electrons. The van der Waals surface area contributed by atoms with Gasteiger partial charge in [0, 0.05) is 5.56 Å². The maximum Gasteiger partial charge on any atom is 0.308 e. The third kappa shape index (κ3) is 2.06. The van der Waals surface area contributed by atoms with Gasteiger partial charge in [-0.2, -0.15) is 0 Å². The van der Waals surface area contributed by atoms with Gasteiger partial charge in [-0.1, -0.05) is 23.2 Å². The smallest absolute Gasteiger partial charge is 0.308 e. The summed E-state index contributed by atoms with van der Waals surface area (Å²) in [5.41, 5.74) is 0.244. The van der Waals surface area contributed by atoms with Crippen LogP contribution < -0.4 is 0 Å². The van der Waals surface area contributed by atoms with Crippen LogP contribution >= 0.6 is 23.2 Å². The number of aliphatic carboxylic acids is 1. The Kier molecular flexibility index (Phi) is 2.83. The van der Waals surface area contributed by atoms with Gasteiger partial charge in [-0.25, -0.2) is 9.97 Å². The number of carboxylic acid groups (broad SMARTS) is 1. The molecule has 1 aromatic rings. The average Bonchev–Trinajstić information content (AvgIpc) is 1.97. The zero-order chi connectivity index (χ0) is 9.14. The Hall–Kier alpha value is -0.870. The molecule has 0 radical (unpaired) electrons. The summed E-state index contributed by atoms with van der Waals surface area (Å²) in [6.45, 7) is 0. The van der Waals surface area contributed by atoms with E-state index in [-0.39, 0.29) is 22.3 Å². The largest absolute Gasteiger partial charge is 0.481 e. The number of carboxylic acids is 1. The first-order valence-corrected chi connectivity index (χ1v) is 3.73. The number of carbonyl (C=O) groups is 1. The second kappa shape index (κ2) is 3.69. The van der Waals surface area contributed by atoms with E-state index in [1.54, 1.807) is 0 Å². The summed E-state index contributed by atoms with van der Waals surface area (Å²) < 4.78 is 0. The van der Waals surface area contributed by atoms with Crippen LogP contribution in [-0.4, -0.2) is 21.0 Å². The van der Waals surface area contributed by atoms with Crippen LogP contribution in [0.5, 0.6) is 0 Å². The lowest BCUT2D eigenvalue weighted by Gasteiger charge is -2.00.